The number of aromatic nitrogens is 2. The van der Waals surface area contributed by atoms with Crippen LogP contribution in [0, 0.1) is 5.92 Å². The van der Waals surface area contributed by atoms with Crippen molar-refractivity contribution in [3.05, 3.63) is 53.7 Å². The molecular formula is C21H22N4O2. The van der Waals surface area contributed by atoms with Crippen molar-refractivity contribution in [3.63, 3.8) is 0 Å². The summed E-state index contributed by atoms with van der Waals surface area (Å²) in [5.41, 5.74) is 2.94. The van der Waals surface area contributed by atoms with E-state index in [1.807, 2.05) is 35.2 Å². The molecule has 1 saturated heterocycles. The largest absolute Gasteiger partial charge is 0.309 e. The fraction of sp³-hybridized carbons (Fsp3) is 0.381. The number of aromatic amines is 1. The molecule has 2 N–H and O–H groups in total. The van der Waals surface area contributed by atoms with Crippen LogP contribution in [0.3, 0.4) is 0 Å². The molecular weight excluding hydrogens is 340 g/mol. The molecule has 138 valence electrons. The Labute approximate surface area is 157 Å². The van der Waals surface area contributed by atoms with Crippen LogP contribution < -0.4 is 10.2 Å². The third-order valence-electron chi connectivity index (χ3n) is 5.73. The van der Waals surface area contributed by atoms with Crippen LogP contribution in [0.4, 0.5) is 11.5 Å². The van der Waals surface area contributed by atoms with Gasteiger partial charge in [-0.2, -0.15) is 5.10 Å². The number of anilines is 2. The van der Waals surface area contributed by atoms with Crippen LogP contribution in [-0.2, 0) is 16.0 Å². The highest BCUT2D eigenvalue weighted by Crippen LogP contribution is 2.39. The Morgan fingerprint density at radius 1 is 1.26 bits per heavy atom. The number of fused-ring (bicyclic) bond motifs is 1. The Bertz CT molecular complexity index is 911. The predicted molar refractivity (Wildman–Crippen MR) is 102 cm³/mol. The van der Waals surface area contributed by atoms with Gasteiger partial charge in [-0.05, 0) is 37.0 Å². The normalized spacial score (nSPS) is 23.7. The number of carbonyl (C=O) groups excluding carboxylic acids is 2. The van der Waals surface area contributed by atoms with E-state index >= 15 is 0 Å². The minimum atomic E-state index is -0.0890. The average Bonchev–Trinajstić information content (AvgIpc) is 3.09. The molecule has 6 nitrogen and oxygen atoms in total. The number of nitrogens with one attached hydrogen (secondary N) is 2. The van der Waals surface area contributed by atoms with Gasteiger partial charge in [-0.1, -0.05) is 24.3 Å². The second-order valence-corrected chi connectivity index (χ2v) is 7.74. The third kappa shape index (κ3) is 3.16. The zero-order chi connectivity index (χ0) is 18.4. The Hall–Kier alpha value is -2.89. The lowest BCUT2D eigenvalue weighted by Crippen LogP contribution is -2.33. The van der Waals surface area contributed by atoms with Crippen molar-refractivity contribution in [1.82, 2.24) is 10.2 Å². The number of H-pyrrole nitrogens is 1. The molecule has 2 heterocycles. The topological polar surface area (TPSA) is 78.1 Å². The first-order valence-electron chi connectivity index (χ1n) is 9.60. The van der Waals surface area contributed by atoms with Gasteiger partial charge in [-0.3, -0.25) is 14.7 Å². The van der Waals surface area contributed by atoms with Gasteiger partial charge in [0.15, 0.2) is 5.82 Å². The summed E-state index contributed by atoms with van der Waals surface area (Å²) in [7, 11) is 0. The summed E-state index contributed by atoms with van der Waals surface area (Å²) < 4.78 is 0. The number of rotatable bonds is 5. The lowest BCUT2D eigenvalue weighted by atomic mass is 10.0. The van der Waals surface area contributed by atoms with Crippen LogP contribution >= 0.6 is 0 Å². The molecule has 6 heteroatoms. The zero-order valence-corrected chi connectivity index (χ0v) is 15.0. The molecule has 5 rings (SSSR count). The monoisotopic (exact) mass is 362 g/mol. The molecule has 2 unspecified atom stereocenters. The van der Waals surface area contributed by atoms with Crippen LogP contribution in [0.1, 0.15) is 42.9 Å². The van der Waals surface area contributed by atoms with Crippen molar-refractivity contribution < 1.29 is 9.59 Å². The lowest BCUT2D eigenvalue weighted by Gasteiger charge is -2.24. The lowest BCUT2D eigenvalue weighted by molar-refractivity contribution is -0.117. The number of amides is 2. The van der Waals surface area contributed by atoms with Crippen molar-refractivity contribution in [1.29, 1.82) is 0 Å². The summed E-state index contributed by atoms with van der Waals surface area (Å²) in [5, 5.41) is 9.99. The maximum absolute atomic E-state index is 12.3. The quantitative estimate of drug-likeness (QED) is 0.802. The third-order valence-corrected chi connectivity index (χ3v) is 5.73. The van der Waals surface area contributed by atoms with E-state index in [9.17, 15) is 9.59 Å². The summed E-state index contributed by atoms with van der Waals surface area (Å²) in [6, 6.07) is 9.92. The van der Waals surface area contributed by atoms with Gasteiger partial charge < -0.3 is 10.2 Å². The second kappa shape index (κ2) is 6.37. The number of benzene rings is 1. The summed E-state index contributed by atoms with van der Waals surface area (Å²) >= 11 is 0. The molecule has 0 radical (unpaired) electrons. The molecule has 0 bridgehead atoms. The van der Waals surface area contributed by atoms with Crippen molar-refractivity contribution in [2.75, 3.05) is 10.2 Å². The Morgan fingerprint density at radius 2 is 2.07 bits per heavy atom. The SMILES string of the molecule is O=C(Cc1ccc(N2C(=O)CC3C=CCC32)cc1)Nc1cc(C2CC2)[nH]n1. The van der Waals surface area contributed by atoms with E-state index in [0.29, 0.717) is 24.1 Å². The predicted octanol–water partition coefficient (Wildman–Crippen LogP) is 3.15. The average molecular weight is 362 g/mol. The van der Waals surface area contributed by atoms with E-state index in [4.69, 9.17) is 0 Å². The molecule has 1 aliphatic heterocycles. The number of hydrogen-bond donors (Lipinski definition) is 2. The number of hydrogen-bond acceptors (Lipinski definition) is 3. The van der Waals surface area contributed by atoms with Crippen molar-refractivity contribution >= 4 is 23.3 Å². The van der Waals surface area contributed by atoms with E-state index in [0.717, 1.165) is 23.4 Å². The van der Waals surface area contributed by atoms with Gasteiger partial charge in [-0.25, -0.2) is 0 Å². The highest BCUT2D eigenvalue weighted by atomic mass is 16.2. The van der Waals surface area contributed by atoms with Gasteiger partial charge in [0.1, 0.15) is 0 Å². The van der Waals surface area contributed by atoms with Crippen molar-refractivity contribution in [2.45, 2.75) is 44.1 Å². The highest BCUT2D eigenvalue weighted by Gasteiger charge is 2.40. The molecule has 1 saturated carbocycles. The molecule has 3 aliphatic rings. The van der Waals surface area contributed by atoms with Gasteiger partial charge >= 0.3 is 0 Å². The maximum Gasteiger partial charge on any atom is 0.229 e. The first-order valence-corrected chi connectivity index (χ1v) is 9.60. The summed E-state index contributed by atoms with van der Waals surface area (Å²) in [4.78, 5) is 26.5. The van der Waals surface area contributed by atoms with Crippen LogP contribution in [0.25, 0.3) is 0 Å². The smallest absolute Gasteiger partial charge is 0.229 e. The van der Waals surface area contributed by atoms with Crippen LogP contribution in [0.15, 0.2) is 42.5 Å². The molecule has 1 aromatic heterocycles. The standard InChI is InChI=1S/C21H22N4O2/c26-20(22-19-12-17(23-24-19)14-6-7-14)10-13-4-8-16(9-5-13)25-18-3-1-2-15(18)11-21(25)27/h1-2,4-5,8-9,12,14-15,18H,3,6-7,10-11H2,(H2,22,23,24,26). The Balaban J connectivity index is 1.22. The highest BCUT2D eigenvalue weighted by molar-refractivity contribution is 5.97. The summed E-state index contributed by atoms with van der Waals surface area (Å²) in [6.07, 6.45) is 8.51. The summed E-state index contributed by atoms with van der Waals surface area (Å²) in [5.74, 6) is 1.61. The molecule has 0 spiro atoms. The van der Waals surface area contributed by atoms with E-state index in [1.165, 1.54) is 12.8 Å². The fourth-order valence-electron chi connectivity index (χ4n) is 4.17. The van der Waals surface area contributed by atoms with Gasteiger partial charge in [0, 0.05) is 41.7 Å². The van der Waals surface area contributed by atoms with Crippen molar-refractivity contribution in [2.24, 2.45) is 5.92 Å². The molecule has 2 aromatic rings. The van der Waals surface area contributed by atoms with Crippen molar-refractivity contribution in [3.8, 4) is 0 Å². The molecule has 27 heavy (non-hydrogen) atoms. The molecule has 2 aliphatic carbocycles. The Kier molecular flexibility index (Phi) is 3.85. The second-order valence-electron chi connectivity index (χ2n) is 7.74. The van der Waals surface area contributed by atoms with Crippen LogP contribution in [0.2, 0.25) is 0 Å². The molecule has 2 fully saturated rings. The van der Waals surface area contributed by atoms with E-state index < -0.39 is 0 Å². The van der Waals surface area contributed by atoms with E-state index in [1.54, 1.807) is 0 Å². The zero-order valence-electron chi connectivity index (χ0n) is 15.0. The molecule has 1 aromatic carbocycles. The van der Waals surface area contributed by atoms with Gasteiger partial charge in [0.2, 0.25) is 11.8 Å². The van der Waals surface area contributed by atoms with Gasteiger partial charge in [0.25, 0.3) is 0 Å². The van der Waals surface area contributed by atoms with E-state index in [-0.39, 0.29) is 24.3 Å². The van der Waals surface area contributed by atoms with Gasteiger partial charge in [0.05, 0.1) is 6.42 Å². The first kappa shape index (κ1) is 16.3. The minimum Gasteiger partial charge on any atom is -0.309 e. The molecule has 2 amide bonds. The Morgan fingerprint density at radius 3 is 2.85 bits per heavy atom. The number of nitrogens with zero attached hydrogens (tertiary/aromatic N) is 2. The van der Waals surface area contributed by atoms with Crippen LogP contribution in [0.5, 0.6) is 0 Å². The first-order chi connectivity index (χ1) is 13.2. The molecule has 2 atom stereocenters. The fourth-order valence-corrected chi connectivity index (χ4v) is 4.17. The minimum absolute atomic E-state index is 0.0890. The number of carbonyl (C=O) groups is 2. The summed E-state index contributed by atoms with van der Waals surface area (Å²) in [6.45, 7) is 0. The van der Waals surface area contributed by atoms with E-state index in [2.05, 4.69) is 27.7 Å². The van der Waals surface area contributed by atoms with Gasteiger partial charge in [-0.15, -0.1) is 0 Å². The van der Waals surface area contributed by atoms with Crippen LogP contribution in [-0.4, -0.2) is 28.1 Å². The maximum atomic E-state index is 12.3.